The summed E-state index contributed by atoms with van der Waals surface area (Å²) in [7, 11) is -3.60. The highest BCUT2D eigenvalue weighted by Crippen LogP contribution is 2.24. The Balaban J connectivity index is 2.20. The Hall–Kier alpha value is -1.31. The number of carbonyl (C=O) groups excluding carboxylic acids is 1. The Morgan fingerprint density at radius 1 is 1.21 bits per heavy atom. The van der Waals surface area contributed by atoms with Gasteiger partial charge >= 0.3 is 0 Å². The van der Waals surface area contributed by atoms with Crippen LogP contribution in [0.1, 0.15) is 13.8 Å². The molecule has 0 radical (unpaired) electrons. The minimum Gasteiger partial charge on any atom is -0.338 e. The van der Waals surface area contributed by atoms with Crippen LogP contribution in [0.4, 0.5) is 5.69 Å². The number of hydrogen-bond donors (Lipinski definition) is 0. The molecule has 1 heterocycles. The third-order valence-electron chi connectivity index (χ3n) is 4.28. The van der Waals surface area contributed by atoms with E-state index in [9.17, 15) is 13.2 Å². The van der Waals surface area contributed by atoms with E-state index in [2.05, 4.69) is 11.8 Å². The summed E-state index contributed by atoms with van der Waals surface area (Å²) in [6, 6.07) is 5.66. The van der Waals surface area contributed by atoms with E-state index in [1.165, 1.54) is 0 Å². The minimum atomic E-state index is -3.60. The number of halogens is 1. The molecule has 1 aliphatic heterocycles. The lowest BCUT2D eigenvalue weighted by Gasteiger charge is -2.37. The van der Waals surface area contributed by atoms with Gasteiger partial charge in [0.15, 0.2) is 0 Å². The monoisotopic (exact) mass is 373 g/mol. The number of sulfonamides is 1. The summed E-state index contributed by atoms with van der Waals surface area (Å²) in [5.41, 5.74) is 0.440. The van der Waals surface area contributed by atoms with Gasteiger partial charge in [0.05, 0.1) is 11.9 Å². The Morgan fingerprint density at radius 3 is 2.21 bits per heavy atom. The van der Waals surface area contributed by atoms with Crippen molar-refractivity contribution in [1.29, 1.82) is 0 Å². The molecule has 1 amide bonds. The Morgan fingerprint density at radius 2 is 1.75 bits per heavy atom. The van der Waals surface area contributed by atoms with E-state index in [0.717, 1.165) is 30.2 Å². The van der Waals surface area contributed by atoms with Gasteiger partial charge in [0.25, 0.3) is 0 Å². The van der Waals surface area contributed by atoms with E-state index >= 15 is 0 Å². The van der Waals surface area contributed by atoms with Crippen molar-refractivity contribution in [3.63, 3.8) is 0 Å². The van der Waals surface area contributed by atoms with Crippen molar-refractivity contribution in [2.24, 2.45) is 0 Å². The van der Waals surface area contributed by atoms with Crippen LogP contribution in [0.5, 0.6) is 0 Å². The molecular formula is C16H24ClN3O3S. The first-order chi connectivity index (χ1) is 11.2. The highest BCUT2D eigenvalue weighted by Gasteiger charge is 2.33. The van der Waals surface area contributed by atoms with Crippen molar-refractivity contribution in [3.8, 4) is 0 Å². The van der Waals surface area contributed by atoms with Gasteiger partial charge in [-0.1, -0.05) is 18.5 Å². The molecule has 0 bridgehead atoms. The third-order valence-corrected chi connectivity index (χ3v) is 5.77. The van der Waals surface area contributed by atoms with Crippen molar-refractivity contribution in [2.75, 3.05) is 43.3 Å². The van der Waals surface area contributed by atoms with Crippen molar-refractivity contribution < 1.29 is 13.2 Å². The molecule has 1 saturated heterocycles. The van der Waals surface area contributed by atoms with Crippen molar-refractivity contribution >= 4 is 33.2 Å². The van der Waals surface area contributed by atoms with Crippen molar-refractivity contribution in [1.82, 2.24) is 9.80 Å². The standard InChI is InChI=1S/C16H24ClN3O3S/c1-4-18-9-11-19(12-10-18)16(21)13(2)20(24(3,22)23)15-7-5-14(17)6-8-15/h5-8,13H,4,9-12H2,1-3H3. The van der Waals surface area contributed by atoms with Gasteiger partial charge in [-0.05, 0) is 37.7 Å². The van der Waals surface area contributed by atoms with Crippen LogP contribution in [0.25, 0.3) is 0 Å². The van der Waals surface area contributed by atoms with Crippen LogP contribution in [-0.2, 0) is 14.8 Å². The second-order valence-electron chi connectivity index (χ2n) is 5.97. The Labute approximate surface area is 149 Å². The van der Waals surface area contributed by atoms with Crippen LogP contribution in [0, 0.1) is 0 Å². The predicted molar refractivity (Wildman–Crippen MR) is 96.9 cm³/mol. The first kappa shape index (κ1) is 19.0. The van der Waals surface area contributed by atoms with Gasteiger partial charge in [-0.3, -0.25) is 9.10 Å². The number of likely N-dealkylation sites (N-methyl/N-ethyl adjacent to an activating group) is 1. The maximum absolute atomic E-state index is 12.8. The maximum atomic E-state index is 12.8. The molecule has 1 fully saturated rings. The van der Waals surface area contributed by atoms with Crippen molar-refractivity contribution in [3.05, 3.63) is 29.3 Å². The van der Waals surface area contributed by atoms with Crippen LogP contribution in [0.2, 0.25) is 5.02 Å². The van der Waals surface area contributed by atoms with Crippen molar-refractivity contribution in [2.45, 2.75) is 19.9 Å². The summed E-state index contributed by atoms with van der Waals surface area (Å²) in [5, 5.41) is 0.516. The molecular weight excluding hydrogens is 350 g/mol. The van der Waals surface area contributed by atoms with Gasteiger partial charge in [-0.25, -0.2) is 8.42 Å². The molecule has 0 saturated carbocycles. The van der Waals surface area contributed by atoms with E-state index in [1.807, 2.05) is 0 Å². The number of carbonyl (C=O) groups is 1. The lowest BCUT2D eigenvalue weighted by atomic mass is 10.2. The number of nitrogens with zero attached hydrogens (tertiary/aromatic N) is 3. The molecule has 2 rings (SSSR count). The van der Waals surface area contributed by atoms with E-state index in [4.69, 9.17) is 11.6 Å². The van der Waals surface area contributed by atoms with Gasteiger partial charge in [-0.2, -0.15) is 0 Å². The Kier molecular flexibility index (Phi) is 6.11. The number of hydrogen-bond acceptors (Lipinski definition) is 4. The summed E-state index contributed by atoms with van der Waals surface area (Å²) < 4.78 is 25.7. The molecule has 8 heteroatoms. The summed E-state index contributed by atoms with van der Waals surface area (Å²) in [6.07, 6.45) is 1.11. The molecule has 1 aliphatic rings. The molecule has 24 heavy (non-hydrogen) atoms. The van der Waals surface area contributed by atoms with Crippen LogP contribution < -0.4 is 4.31 Å². The molecule has 1 aromatic carbocycles. The molecule has 1 atom stereocenters. The first-order valence-corrected chi connectivity index (χ1v) is 10.2. The van der Waals surface area contributed by atoms with Gasteiger partial charge in [0.2, 0.25) is 15.9 Å². The van der Waals surface area contributed by atoms with E-state index in [0.29, 0.717) is 23.8 Å². The summed E-state index contributed by atoms with van der Waals surface area (Å²) in [6.45, 7) is 7.54. The van der Waals surface area contributed by atoms with E-state index in [-0.39, 0.29) is 5.91 Å². The molecule has 0 aromatic heterocycles. The second kappa shape index (κ2) is 7.72. The van der Waals surface area contributed by atoms with Gasteiger partial charge in [-0.15, -0.1) is 0 Å². The Bertz CT molecular complexity index is 670. The topological polar surface area (TPSA) is 60.9 Å². The normalized spacial score (nSPS) is 17.6. The zero-order valence-electron chi connectivity index (χ0n) is 14.3. The van der Waals surface area contributed by atoms with Gasteiger partial charge in [0, 0.05) is 31.2 Å². The molecule has 0 N–H and O–H groups in total. The third kappa shape index (κ3) is 4.40. The molecule has 6 nitrogen and oxygen atoms in total. The summed E-state index contributed by atoms with van der Waals surface area (Å²) in [4.78, 5) is 16.8. The second-order valence-corrected chi connectivity index (χ2v) is 8.27. The van der Waals surface area contributed by atoms with Crippen LogP contribution in [-0.4, -0.2) is 69.1 Å². The largest absolute Gasteiger partial charge is 0.338 e. The fourth-order valence-electron chi connectivity index (χ4n) is 2.94. The lowest BCUT2D eigenvalue weighted by Crippen LogP contribution is -2.55. The number of benzene rings is 1. The highest BCUT2D eigenvalue weighted by molar-refractivity contribution is 7.92. The molecule has 0 spiro atoms. The van der Waals surface area contributed by atoms with Crippen LogP contribution in [0.15, 0.2) is 24.3 Å². The number of amides is 1. The van der Waals surface area contributed by atoms with Crippen LogP contribution in [0.3, 0.4) is 0 Å². The lowest BCUT2D eigenvalue weighted by molar-refractivity contribution is -0.133. The minimum absolute atomic E-state index is 0.175. The zero-order valence-corrected chi connectivity index (χ0v) is 15.8. The first-order valence-electron chi connectivity index (χ1n) is 8.00. The molecule has 134 valence electrons. The molecule has 1 aromatic rings. The maximum Gasteiger partial charge on any atom is 0.246 e. The quantitative estimate of drug-likeness (QED) is 0.787. The average molecular weight is 374 g/mol. The van der Waals surface area contributed by atoms with Gasteiger partial charge in [0.1, 0.15) is 6.04 Å². The summed E-state index contributed by atoms with van der Waals surface area (Å²) >= 11 is 5.87. The number of anilines is 1. The average Bonchev–Trinajstić information content (AvgIpc) is 2.55. The smallest absolute Gasteiger partial charge is 0.246 e. The SMILES string of the molecule is CCN1CCN(C(=O)C(C)N(c2ccc(Cl)cc2)S(C)(=O)=O)CC1. The highest BCUT2D eigenvalue weighted by atomic mass is 35.5. The van der Waals surface area contributed by atoms with Crippen LogP contribution >= 0.6 is 11.6 Å². The fraction of sp³-hybridized carbons (Fsp3) is 0.562. The number of rotatable bonds is 5. The molecule has 1 unspecified atom stereocenters. The zero-order chi connectivity index (χ0) is 17.9. The predicted octanol–water partition coefficient (Wildman–Crippen LogP) is 1.66. The van der Waals surface area contributed by atoms with E-state index < -0.39 is 16.1 Å². The van der Waals surface area contributed by atoms with Gasteiger partial charge < -0.3 is 9.80 Å². The number of piperazine rings is 1. The molecule has 0 aliphatic carbocycles. The van der Waals surface area contributed by atoms with E-state index in [1.54, 1.807) is 36.1 Å². The fourth-order valence-corrected chi connectivity index (χ4v) is 4.23. The summed E-state index contributed by atoms with van der Waals surface area (Å²) in [5.74, 6) is -0.175.